The molecule has 19 heavy (non-hydrogen) atoms. The molecule has 5 N–H and O–H groups in total. The van der Waals surface area contributed by atoms with E-state index in [0.29, 0.717) is 12.0 Å². The number of ether oxygens (including phenoxy) is 2. The lowest BCUT2D eigenvalue weighted by atomic mass is 10.1. The number of allylic oxidation sites excluding steroid dienone is 2. The Balaban J connectivity index is 0.00000180. The van der Waals surface area contributed by atoms with E-state index < -0.39 is 0 Å². The molecule has 1 aliphatic rings. The van der Waals surface area contributed by atoms with Crippen LogP contribution in [0.1, 0.15) is 18.9 Å². The number of hydrogen-bond donors (Lipinski definition) is 2. The Morgan fingerprint density at radius 3 is 2.79 bits per heavy atom. The summed E-state index contributed by atoms with van der Waals surface area (Å²) >= 11 is 0. The van der Waals surface area contributed by atoms with E-state index in [9.17, 15) is 4.79 Å². The van der Waals surface area contributed by atoms with Crippen molar-refractivity contribution in [2.24, 2.45) is 5.73 Å². The molecule has 1 aromatic rings. The van der Waals surface area contributed by atoms with E-state index in [0.717, 1.165) is 17.1 Å². The minimum absolute atomic E-state index is 0. The largest absolute Gasteiger partial charge is 0.454 e. The number of primary amides is 1. The zero-order valence-electron chi connectivity index (χ0n) is 10.9. The number of carbonyl (C=O) groups excluding carboxylic acids is 1. The number of nitrogens with two attached hydrogens (primary N) is 1. The summed E-state index contributed by atoms with van der Waals surface area (Å²) in [6.07, 6.45) is 6.05. The summed E-state index contributed by atoms with van der Waals surface area (Å²) in [7, 11) is 0. The average molecular weight is 262 g/mol. The van der Waals surface area contributed by atoms with Gasteiger partial charge in [-0.3, -0.25) is 4.79 Å². The van der Waals surface area contributed by atoms with Crippen LogP contribution in [0.5, 0.6) is 11.5 Å². The summed E-state index contributed by atoms with van der Waals surface area (Å²) in [6, 6.07) is 5.68. The van der Waals surface area contributed by atoms with E-state index >= 15 is 0 Å². The van der Waals surface area contributed by atoms with Crippen LogP contribution in [0.2, 0.25) is 0 Å². The Labute approximate surface area is 112 Å². The van der Waals surface area contributed by atoms with Gasteiger partial charge in [0.05, 0.1) is 0 Å². The van der Waals surface area contributed by atoms with E-state index in [-0.39, 0.29) is 18.9 Å². The first-order valence-corrected chi connectivity index (χ1v) is 5.77. The third kappa shape index (κ3) is 3.59. The van der Waals surface area contributed by atoms with Gasteiger partial charge in [0, 0.05) is 5.57 Å². The fourth-order valence-electron chi connectivity index (χ4n) is 1.67. The second-order valence-electron chi connectivity index (χ2n) is 3.88. The molecule has 0 fully saturated rings. The molecular formula is C14H18N2O3. The van der Waals surface area contributed by atoms with E-state index in [1.165, 1.54) is 0 Å². The Kier molecular flexibility index (Phi) is 5.14. The van der Waals surface area contributed by atoms with Gasteiger partial charge in [-0.1, -0.05) is 31.2 Å². The van der Waals surface area contributed by atoms with Gasteiger partial charge in [0.25, 0.3) is 0 Å². The van der Waals surface area contributed by atoms with Gasteiger partial charge in [0.15, 0.2) is 11.5 Å². The van der Waals surface area contributed by atoms with Gasteiger partial charge >= 0.3 is 0 Å². The van der Waals surface area contributed by atoms with Crippen LogP contribution in [0.25, 0.3) is 6.08 Å². The highest BCUT2D eigenvalue weighted by Gasteiger charge is 2.11. The van der Waals surface area contributed by atoms with E-state index in [4.69, 9.17) is 15.2 Å². The molecule has 0 radical (unpaired) electrons. The van der Waals surface area contributed by atoms with Crippen molar-refractivity contribution in [2.75, 3.05) is 6.79 Å². The quantitative estimate of drug-likeness (QED) is 0.643. The van der Waals surface area contributed by atoms with Gasteiger partial charge in [-0.05, 0) is 24.1 Å². The van der Waals surface area contributed by atoms with Gasteiger partial charge in [-0.2, -0.15) is 0 Å². The number of carbonyl (C=O) groups is 1. The summed E-state index contributed by atoms with van der Waals surface area (Å²) in [6.45, 7) is 2.16. The summed E-state index contributed by atoms with van der Waals surface area (Å²) in [4.78, 5) is 11.0. The Bertz CT molecular complexity index is 521. The van der Waals surface area contributed by atoms with Crippen molar-refractivity contribution < 1.29 is 14.3 Å². The van der Waals surface area contributed by atoms with Gasteiger partial charge in [0.1, 0.15) is 0 Å². The highest BCUT2D eigenvalue weighted by atomic mass is 16.7. The number of fused-ring (bicyclic) bond motifs is 1. The topological polar surface area (TPSA) is 96.6 Å². The van der Waals surface area contributed by atoms with Crippen molar-refractivity contribution in [1.29, 1.82) is 0 Å². The molecule has 1 aromatic carbocycles. The molecule has 102 valence electrons. The maximum atomic E-state index is 11.0. The molecule has 0 spiro atoms. The first-order chi connectivity index (χ1) is 8.70. The first kappa shape index (κ1) is 14.8. The monoisotopic (exact) mass is 262 g/mol. The number of rotatable bonds is 4. The van der Waals surface area contributed by atoms with Gasteiger partial charge < -0.3 is 21.4 Å². The molecule has 0 bridgehead atoms. The highest BCUT2D eigenvalue weighted by molar-refractivity contribution is 5.92. The minimum atomic E-state index is -0.382. The molecule has 5 heteroatoms. The second kappa shape index (κ2) is 6.61. The zero-order chi connectivity index (χ0) is 13.0. The lowest BCUT2D eigenvalue weighted by molar-refractivity contribution is -0.114. The molecule has 0 aliphatic carbocycles. The third-order valence-electron chi connectivity index (χ3n) is 2.68. The van der Waals surface area contributed by atoms with E-state index in [1.807, 2.05) is 31.2 Å². The Morgan fingerprint density at radius 1 is 1.37 bits per heavy atom. The number of amides is 1. The molecule has 2 rings (SSSR count). The standard InChI is InChI=1S/C14H15NO3.H3N/c1-2-11(14(15)16)5-3-4-10-6-7-12-13(8-10)18-9-17-12;/h3-8H,2,9H2,1H3,(H2,15,16);1H3. The number of benzene rings is 1. The minimum Gasteiger partial charge on any atom is -0.454 e. The molecule has 0 aromatic heterocycles. The van der Waals surface area contributed by atoms with Crippen LogP contribution < -0.4 is 21.4 Å². The summed E-state index contributed by atoms with van der Waals surface area (Å²) < 4.78 is 10.5. The summed E-state index contributed by atoms with van der Waals surface area (Å²) in [5.74, 6) is 1.12. The molecule has 0 saturated carbocycles. The smallest absolute Gasteiger partial charge is 0.244 e. The van der Waals surface area contributed by atoms with Crippen molar-refractivity contribution in [1.82, 2.24) is 6.15 Å². The summed E-state index contributed by atoms with van der Waals surface area (Å²) in [5, 5.41) is 0. The molecule has 0 unspecified atom stereocenters. The Morgan fingerprint density at radius 2 is 2.11 bits per heavy atom. The van der Waals surface area contributed by atoms with Crippen LogP contribution in [-0.4, -0.2) is 12.7 Å². The lowest BCUT2D eigenvalue weighted by Crippen LogP contribution is -2.12. The van der Waals surface area contributed by atoms with Crippen molar-refractivity contribution in [3.63, 3.8) is 0 Å². The van der Waals surface area contributed by atoms with Crippen molar-refractivity contribution in [3.8, 4) is 11.5 Å². The maximum absolute atomic E-state index is 11.0. The van der Waals surface area contributed by atoms with Crippen molar-refractivity contribution in [2.45, 2.75) is 13.3 Å². The molecule has 1 amide bonds. The highest BCUT2D eigenvalue weighted by Crippen LogP contribution is 2.32. The molecule has 1 heterocycles. The van der Waals surface area contributed by atoms with Crippen LogP contribution in [0.15, 0.2) is 35.9 Å². The molecule has 1 aliphatic heterocycles. The van der Waals surface area contributed by atoms with Gasteiger partial charge in [-0.15, -0.1) is 0 Å². The molecular weight excluding hydrogens is 244 g/mol. The molecule has 0 atom stereocenters. The predicted octanol–water partition coefficient (Wildman–Crippen LogP) is 2.41. The van der Waals surface area contributed by atoms with Crippen LogP contribution in [-0.2, 0) is 4.79 Å². The van der Waals surface area contributed by atoms with Crippen LogP contribution in [0.3, 0.4) is 0 Å². The Hall–Kier alpha value is -2.27. The average Bonchev–Trinajstić information content (AvgIpc) is 2.81. The third-order valence-corrected chi connectivity index (χ3v) is 2.68. The maximum Gasteiger partial charge on any atom is 0.244 e. The second-order valence-corrected chi connectivity index (χ2v) is 3.88. The van der Waals surface area contributed by atoms with E-state index in [2.05, 4.69) is 0 Å². The van der Waals surface area contributed by atoms with Gasteiger partial charge in [-0.25, -0.2) is 0 Å². The fourth-order valence-corrected chi connectivity index (χ4v) is 1.67. The van der Waals surface area contributed by atoms with Crippen molar-refractivity contribution >= 4 is 12.0 Å². The van der Waals surface area contributed by atoms with Crippen LogP contribution in [0, 0.1) is 0 Å². The SMILES string of the molecule is CCC(=CC=Cc1ccc2c(c1)OCO2)C(N)=O.N. The predicted molar refractivity (Wildman–Crippen MR) is 74.2 cm³/mol. The van der Waals surface area contributed by atoms with E-state index in [1.54, 1.807) is 12.2 Å². The molecule has 5 nitrogen and oxygen atoms in total. The van der Waals surface area contributed by atoms with Crippen LogP contribution >= 0.6 is 0 Å². The number of hydrogen-bond acceptors (Lipinski definition) is 4. The van der Waals surface area contributed by atoms with Gasteiger partial charge in [0.2, 0.25) is 12.7 Å². The first-order valence-electron chi connectivity index (χ1n) is 5.77. The molecule has 0 saturated heterocycles. The summed E-state index contributed by atoms with van der Waals surface area (Å²) in [5.41, 5.74) is 6.81. The van der Waals surface area contributed by atoms with Crippen molar-refractivity contribution in [3.05, 3.63) is 41.5 Å². The normalized spacial score (nSPS) is 13.4. The lowest BCUT2D eigenvalue weighted by Gasteiger charge is -1.97. The van der Waals surface area contributed by atoms with Crippen LogP contribution in [0.4, 0.5) is 0 Å². The zero-order valence-corrected chi connectivity index (χ0v) is 10.9. The fraction of sp³-hybridized carbons (Fsp3) is 0.214.